The van der Waals surface area contributed by atoms with Gasteiger partial charge in [-0.15, -0.1) is 0 Å². The van der Waals surface area contributed by atoms with Crippen molar-refractivity contribution in [3.63, 3.8) is 0 Å². The third-order valence-corrected chi connectivity index (χ3v) is 13.2. The molecule has 5 nitrogen and oxygen atoms in total. The van der Waals surface area contributed by atoms with Crippen molar-refractivity contribution in [2.24, 2.45) is 0 Å². The van der Waals surface area contributed by atoms with Gasteiger partial charge in [-0.2, -0.15) is 0 Å². The van der Waals surface area contributed by atoms with Crippen molar-refractivity contribution in [2.45, 2.75) is 0 Å². The number of aromatic nitrogens is 5. The van der Waals surface area contributed by atoms with E-state index < -0.39 is 0 Å². The number of rotatable bonds is 8. The number of benzene rings is 10. The third-order valence-electron chi connectivity index (χ3n) is 13.2. The molecule has 0 amide bonds. The van der Waals surface area contributed by atoms with Gasteiger partial charge >= 0.3 is 0 Å². The minimum atomic E-state index is 0.595. The number of para-hydroxylation sites is 3. The summed E-state index contributed by atoms with van der Waals surface area (Å²) in [6, 6.07) is 88.2. The van der Waals surface area contributed by atoms with Crippen LogP contribution in [0.4, 0.5) is 0 Å². The first-order chi connectivity index (χ1) is 33.7. The molecule has 0 saturated heterocycles. The van der Waals surface area contributed by atoms with Gasteiger partial charge in [0.2, 0.25) is 0 Å². The van der Waals surface area contributed by atoms with E-state index in [-0.39, 0.29) is 0 Å². The molecule has 0 aliphatic carbocycles. The number of nitrogens with zero attached hydrogens (tertiary/aromatic N) is 5. The maximum Gasteiger partial charge on any atom is 0.164 e. The highest BCUT2D eigenvalue weighted by Crippen LogP contribution is 2.39. The van der Waals surface area contributed by atoms with Crippen LogP contribution in [-0.2, 0) is 0 Å². The standard InChI is InChI=1S/C63H41N5/c1-4-16-42(17-5-1)45-28-32-47(33-29-45)61-64-62(48-34-30-46(31-35-48)43-18-6-2-7-19-43)66-63(65-61)50-38-49(44-20-8-3-9-21-44)39-52(40-50)68-59-27-15-12-24-55(59)56-41-51(36-37-60(56)68)67-57-25-13-10-22-53(57)54-23-11-14-26-58(54)67/h1-41H. The van der Waals surface area contributed by atoms with Crippen LogP contribution in [0.5, 0.6) is 0 Å². The Kier molecular flexibility index (Phi) is 9.43. The van der Waals surface area contributed by atoms with Crippen LogP contribution in [0.3, 0.4) is 0 Å². The number of fused-ring (bicyclic) bond motifs is 6. The fourth-order valence-electron chi connectivity index (χ4n) is 9.89. The first-order valence-corrected chi connectivity index (χ1v) is 23.0. The van der Waals surface area contributed by atoms with E-state index in [0.29, 0.717) is 17.5 Å². The SMILES string of the molecule is c1ccc(-c2ccc(-c3nc(-c4ccc(-c5ccccc5)cc4)nc(-c4cc(-c5ccccc5)cc(-n5c6ccccc6c6cc(-n7c8ccccc8c8ccccc87)ccc65)c4)n3)cc2)cc1. The van der Waals surface area contributed by atoms with E-state index >= 15 is 0 Å². The molecular formula is C63H41N5. The van der Waals surface area contributed by atoms with E-state index in [9.17, 15) is 0 Å². The molecule has 0 fully saturated rings. The van der Waals surface area contributed by atoms with Crippen molar-refractivity contribution in [1.82, 2.24) is 24.1 Å². The molecule has 0 atom stereocenters. The minimum Gasteiger partial charge on any atom is -0.309 e. The Morgan fingerprint density at radius 3 is 1.03 bits per heavy atom. The first-order valence-electron chi connectivity index (χ1n) is 23.0. The molecule has 0 radical (unpaired) electrons. The Morgan fingerprint density at radius 1 is 0.206 bits per heavy atom. The van der Waals surface area contributed by atoms with E-state index in [1.54, 1.807) is 0 Å². The first kappa shape index (κ1) is 39.2. The molecule has 0 spiro atoms. The van der Waals surface area contributed by atoms with Crippen LogP contribution in [0.1, 0.15) is 0 Å². The summed E-state index contributed by atoms with van der Waals surface area (Å²) in [6.07, 6.45) is 0. The fraction of sp³-hybridized carbons (Fsp3) is 0. The maximum absolute atomic E-state index is 5.30. The highest BCUT2D eigenvalue weighted by Gasteiger charge is 2.20. The van der Waals surface area contributed by atoms with Crippen LogP contribution in [0.15, 0.2) is 249 Å². The smallest absolute Gasteiger partial charge is 0.164 e. The summed E-state index contributed by atoms with van der Waals surface area (Å²) in [5.74, 6) is 1.81. The Morgan fingerprint density at radius 2 is 0.544 bits per heavy atom. The van der Waals surface area contributed by atoms with E-state index in [0.717, 1.165) is 72.5 Å². The van der Waals surface area contributed by atoms with Gasteiger partial charge in [-0.1, -0.05) is 194 Å². The summed E-state index contributed by atoms with van der Waals surface area (Å²) >= 11 is 0. The van der Waals surface area contributed by atoms with Gasteiger partial charge in [0.25, 0.3) is 0 Å². The zero-order valence-electron chi connectivity index (χ0n) is 36.9. The van der Waals surface area contributed by atoms with E-state index in [2.05, 4.69) is 246 Å². The molecule has 10 aromatic carbocycles. The lowest BCUT2D eigenvalue weighted by atomic mass is 10.0. The van der Waals surface area contributed by atoms with E-state index in [1.807, 2.05) is 12.1 Å². The Hall–Kier alpha value is -9.19. The molecule has 13 aromatic rings. The Balaban J connectivity index is 1.00. The number of hydrogen-bond acceptors (Lipinski definition) is 3. The third kappa shape index (κ3) is 6.84. The van der Waals surface area contributed by atoms with Crippen molar-refractivity contribution in [1.29, 1.82) is 0 Å². The van der Waals surface area contributed by atoms with Crippen molar-refractivity contribution < 1.29 is 0 Å². The average Bonchev–Trinajstić information content (AvgIpc) is 3.94. The van der Waals surface area contributed by atoms with Gasteiger partial charge in [0, 0.05) is 49.6 Å². The quantitative estimate of drug-likeness (QED) is 0.153. The fourth-order valence-corrected chi connectivity index (χ4v) is 9.89. The molecule has 3 heterocycles. The zero-order chi connectivity index (χ0) is 45.0. The van der Waals surface area contributed by atoms with Crippen molar-refractivity contribution in [3.8, 4) is 78.9 Å². The molecule has 318 valence electrons. The highest BCUT2D eigenvalue weighted by atomic mass is 15.0. The summed E-state index contributed by atoms with van der Waals surface area (Å²) in [7, 11) is 0. The molecule has 3 aromatic heterocycles. The molecule has 0 bridgehead atoms. The second-order valence-corrected chi connectivity index (χ2v) is 17.3. The van der Waals surface area contributed by atoms with Crippen LogP contribution < -0.4 is 0 Å². The van der Waals surface area contributed by atoms with Crippen molar-refractivity contribution in [3.05, 3.63) is 249 Å². The summed E-state index contributed by atoms with van der Waals surface area (Å²) < 4.78 is 4.79. The molecule has 0 aliphatic heterocycles. The van der Waals surface area contributed by atoms with Gasteiger partial charge in [0.05, 0.1) is 22.1 Å². The predicted molar refractivity (Wildman–Crippen MR) is 281 cm³/mol. The zero-order valence-corrected chi connectivity index (χ0v) is 36.9. The average molecular weight is 868 g/mol. The summed E-state index contributed by atoms with van der Waals surface area (Å²) in [5, 5.41) is 4.84. The van der Waals surface area contributed by atoms with Gasteiger partial charge in [-0.25, -0.2) is 15.0 Å². The van der Waals surface area contributed by atoms with Crippen molar-refractivity contribution >= 4 is 43.6 Å². The topological polar surface area (TPSA) is 48.5 Å². The minimum absolute atomic E-state index is 0.595. The molecule has 68 heavy (non-hydrogen) atoms. The van der Waals surface area contributed by atoms with Crippen molar-refractivity contribution in [2.75, 3.05) is 0 Å². The van der Waals surface area contributed by atoms with E-state index in [4.69, 9.17) is 15.0 Å². The maximum atomic E-state index is 5.30. The van der Waals surface area contributed by atoms with Gasteiger partial charge < -0.3 is 9.13 Å². The number of hydrogen-bond donors (Lipinski definition) is 0. The molecule has 0 N–H and O–H groups in total. The van der Waals surface area contributed by atoms with Gasteiger partial charge in [0.1, 0.15) is 0 Å². The predicted octanol–water partition coefficient (Wildman–Crippen LogP) is 16.1. The summed E-state index contributed by atoms with van der Waals surface area (Å²) in [6.45, 7) is 0. The second kappa shape index (κ2) is 16.4. The monoisotopic (exact) mass is 867 g/mol. The van der Waals surface area contributed by atoms with Crippen LogP contribution in [0.2, 0.25) is 0 Å². The van der Waals surface area contributed by atoms with Gasteiger partial charge in [-0.05, 0) is 88.0 Å². The normalized spacial score (nSPS) is 11.5. The lowest BCUT2D eigenvalue weighted by molar-refractivity contribution is 1.07. The van der Waals surface area contributed by atoms with Crippen LogP contribution in [0.25, 0.3) is 123 Å². The van der Waals surface area contributed by atoms with E-state index in [1.165, 1.54) is 32.6 Å². The molecular weight excluding hydrogens is 827 g/mol. The Bertz CT molecular complexity index is 3830. The van der Waals surface area contributed by atoms with Crippen LogP contribution >= 0.6 is 0 Å². The van der Waals surface area contributed by atoms with Gasteiger partial charge in [0.15, 0.2) is 17.5 Å². The van der Waals surface area contributed by atoms with Crippen LogP contribution in [0, 0.1) is 0 Å². The Labute approximate surface area is 393 Å². The lowest BCUT2D eigenvalue weighted by Gasteiger charge is -2.15. The molecule has 5 heteroatoms. The summed E-state index contributed by atoms with van der Waals surface area (Å²) in [5.41, 5.74) is 16.2. The molecule has 13 rings (SSSR count). The summed E-state index contributed by atoms with van der Waals surface area (Å²) in [4.78, 5) is 15.8. The molecule has 0 aliphatic rings. The second-order valence-electron chi connectivity index (χ2n) is 17.3. The van der Waals surface area contributed by atoms with Gasteiger partial charge in [-0.3, -0.25) is 0 Å². The van der Waals surface area contributed by atoms with Crippen LogP contribution in [-0.4, -0.2) is 24.1 Å². The largest absolute Gasteiger partial charge is 0.309 e. The molecule has 0 saturated carbocycles. The molecule has 0 unspecified atom stereocenters. The highest BCUT2D eigenvalue weighted by molar-refractivity contribution is 6.12. The lowest BCUT2D eigenvalue weighted by Crippen LogP contribution is -2.02.